The lowest BCUT2D eigenvalue weighted by Gasteiger charge is -2.18. The third kappa shape index (κ3) is 3.37. The number of piperidine rings is 1. The zero-order valence-electron chi connectivity index (χ0n) is 6.75. The van der Waals surface area contributed by atoms with Gasteiger partial charge in [-0.1, -0.05) is 0 Å². The number of carbonyl (C=O) groups is 1. The summed E-state index contributed by atoms with van der Waals surface area (Å²) in [6.07, 6.45) is 3.69. The highest BCUT2D eigenvalue weighted by Crippen LogP contribution is 2.12. The summed E-state index contributed by atoms with van der Waals surface area (Å²) in [5.74, 6) is -0.00424. The van der Waals surface area contributed by atoms with Gasteiger partial charge < -0.3 is 10.4 Å². The molecule has 3 N–H and O–H groups in total. The highest BCUT2D eigenvalue weighted by molar-refractivity contribution is 5.66. The standard InChI is InChI=1S/C8H15NO2/c10-8(11)4-3-7-2-1-5-9-6-7/h7,9H,1-6H2,(H,10,11)/p+1/t7-/m0/s1. The average Bonchev–Trinajstić information content (AvgIpc) is 2.03. The molecule has 11 heavy (non-hydrogen) atoms. The molecule has 1 saturated heterocycles. The molecule has 1 heterocycles. The number of aliphatic carboxylic acids is 1. The van der Waals surface area contributed by atoms with Crippen molar-refractivity contribution in [2.45, 2.75) is 25.7 Å². The van der Waals surface area contributed by atoms with Crippen molar-refractivity contribution in [3.63, 3.8) is 0 Å². The molecule has 1 aliphatic rings. The van der Waals surface area contributed by atoms with Crippen LogP contribution in [-0.2, 0) is 4.79 Å². The lowest BCUT2D eigenvalue weighted by molar-refractivity contribution is -0.669. The Morgan fingerprint density at radius 1 is 1.64 bits per heavy atom. The van der Waals surface area contributed by atoms with Crippen molar-refractivity contribution in [1.29, 1.82) is 0 Å². The monoisotopic (exact) mass is 158 g/mol. The second-order valence-electron chi connectivity index (χ2n) is 3.25. The number of carboxylic acids is 1. The SMILES string of the molecule is O=C(O)CC[C@@H]1CCC[NH2+]C1. The van der Waals surface area contributed by atoms with Gasteiger partial charge in [-0.05, 0) is 19.3 Å². The van der Waals surface area contributed by atoms with Crippen molar-refractivity contribution in [2.75, 3.05) is 13.1 Å². The van der Waals surface area contributed by atoms with E-state index in [0.29, 0.717) is 12.3 Å². The number of nitrogens with two attached hydrogens (primary N) is 1. The first-order chi connectivity index (χ1) is 5.29. The van der Waals surface area contributed by atoms with E-state index < -0.39 is 5.97 Å². The van der Waals surface area contributed by atoms with Crippen LogP contribution in [0.4, 0.5) is 0 Å². The van der Waals surface area contributed by atoms with Gasteiger partial charge in [0, 0.05) is 12.3 Å². The van der Waals surface area contributed by atoms with E-state index in [2.05, 4.69) is 5.32 Å². The van der Waals surface area contributed by atoms with E-state index in [1.54, 1.807) is 0 Å². The van der Waals surface area contributed by atoms with Crippen molar-refractivity contribution in [2.24, 2.45) is 5.92 Å². The van der Waals surface area contributed by atoms with Gasteiger partial charge in [-0.2, -0.15) is 0 Å². The summed E-state index contributed by atoms with van der Waals surface area (Å²) in [5, 5.41) is 10.7. The molecule has 0 radical (unpaired) electrons. The summed E-state index contributed by atoms with van der Waals surface area (Å²) in [6, 6.07) is 0. The third-order valence-electron chi connectivity index (χ3n) is 2.29. The van der Waals surface area contributed by atoms with Crippen molar-refractivity contribution in [3.8, 4) is 0 Å². The molecule has 1 aliphatic heterocycles. The molecule has 0 aromatic rings. The number of quaternary nitrogens is 1. The first kappa shape index (κ1) is 8.53. The highest BCUT2D eigenvalue weighted by Gasteiger charge is 2.16. The van der Waals surface area contributed by atoms with Crippen LogP contribution in [0, 0.1) is 5.92 Å². The maximum Gasteiger partial charge on any atom is 0.303 e. The number of hydrogen-bond acceptors (Lipinski definition) is 1. The largest absolute Gasteiger partial charge is 0.481 e. The van der Waals surface area contributed by atoms with E-state index in [0.717, 1.165) is 13.0 Å². The van der Waals surface area contributed by atoms with Crippen LogP contribution in [0.15, 0.2) is 0 Å². The Balaban J connectivity index is 2.09. The Morgan fingerprint density at radius 2 is 2.45 bits per heavy atom. The van der Waals surface area contributed by atoms with E-state index in [1.165, 1.54) is 19.4 Å². The van der Waals surface area contributed by atoms with Crippen molar-refractivity contribution in [1.82, 2.24) is 0 Å². The van der Waals surface area contributed by atoms with Gasteiger partial charge in [0.05, 0.1) is 13.1 Å². The molecule has 3 nitrogen and oxygen atoms in total. The molecule has 0 spiro atoms. The van der Waals surface area contributed by atoms with Crippen LogP contribution in [-0.4, -0.2) is 24.2 Å². The molecule has 0 aromatic carbocycles. The fourth-order valence-electron chi connectivity index (χ4n) is 1.61. The topological polar surface area (TPSA) is 53.9 Å². The fourth-order valence-corrected chi connectivity index (χ4v) is 1.61. The molecule has 1 fully saturated rings. The van der Waals surface area contributed by atoms with E-state index >= 15 is 0 Å². The number of carboxylic acid groups (broad SMARTS) is 1. The number of hydrogen-bond donors (Lipinski definition) is 2. The summed E-state index contributed by atoms with van der Waals surface area (Å²) in [6.45, 7) is 2.36. The third-order valence-corrected chi connectivity index (χ3v) is 2.29. The van der Waals surface area contributed by atoms with Crippen molar-refractivity contribution >= 4 is 5.97 Å². The molecule has 0 bridgehead atoms. The van der Waals surface area contributed by atoms with Crippen LogP contribution < -0.4 is 5.32 Å². The van der Waals surface area contributed by atoms with Gasteiger partial charge in [0.25, 0.3) is 0 Å². The molecule has 3 heteroatoms. The predicted molar refractivity (Wildman–Crippen MR) is 41.3 cm³/mol. The van der Waals surface area contributed by atoms with E-state index in [-0.39, 0.29) is 0 Å². The molecular formula is C8H16NO2+. The summed E-state index contributed by atoms with van der Waals surface area (Å²) in [5.41, 5.74) is 0. The molecule has 0 amide bonds. The summed E-state index contributed by atoms with van der Waals surface area (Å²) in [7, 11) is 0. The second kappa shape index (κ2) is 4.34. The summed E-state index contributed by atoms with van der Waals surface area (Å²) < 4.78 is 0. The molecule has 0 aromatic heterocycles. The maximum absolute atomic E-state index is 10.2. The lowest BCUT2D eigenvalue weighted by Crippen LogP contribution is -2.87. The summed E-state index contributed by atoms with van der Waals surface area (Å²) in [4.78, 5) is 10.2. The zero-order valence-corrected chi connectivity index (χ0v) is 6.75. The van der Waals surface area contributed by atoms with Gasteiger partial charge in [0.1, 0.15) is 0 Å². The van der Waals surface area contributed by atoms with Gasteiger partial charge in [0.15, 0.2) is 0 Å². The van der Waals surface area contributed by atoms with Crippen LogP contribution in [0.25, 0.3) is 0 Å². The van der Waals surface area contributed by atoms with Gasteiger partial charge in [-0.25, -0.2) is 0 Å². The van der Waals surface area contributed by atoms with E-state index in [4.69, 9.17) is 5.11 Å². The number of rotatable bonds is 3. The zero-order chi connectivity index (χ0) is 8.10. The molecule has 0 unspecified atom stereocenters. The molecule has 0 aliphatic carbocycles. The quantitative estimate of drug-likeness (QED) is 0.599. The van der Waals surface area contributed by atoms with Crippen LogP contribution in [0.1, 0.15) is 25.7 Å². The van der Waals surface area contributed by atoms with Crippen molar-refractivity contribution < 1.29 is 15.2 Å². The fraction of sp³-hybridized carbons (Fsp3) is 0.875. The van der Waals surface area contributed by atoms with Crippen molar-refractivity contribution in [3.05, 3.63) is 0 Å². The molecule has 64 valence electrons. The Labute approximate surface area is 66.8 Å². The van der Waals surface area contributed by atoms with E-state index in [1.807, 2.05) is 0 Å². The maximum atomic E-state index is 10.2. The minimum Gasteiger partial charge on any atom is -0.481 e. The van der Waals surface area contributed by atoms with Gasteiger partial charge in [-0.3, -0.25) is 4.79 Å². The Hall–Kier alpha value is -0.570. The van der Waals surface area contributed by atoms with Gasteiger partial charge >= 0.3 is 5.97 Å². The summed E-state index contributed by atoms with van der Waals surface area (Å²) >= 11 is 0. The van der Waals surface area contributed by atoms with Crippen LogP contribution in [0.5, 0.6) is 0 Å². The lowest BCUT2D eigenvalue weighted by atomic mass is 9.95. The van der Waals surface area contributed by atoms with E-state index in [9.17, 15) is 4.79 Å². The Morgan fingerprint density at radius 3 is 3.00 bits per heavy atom. The smallest absolute Gasteiger partial charge is 0.303 e. The molecule has 1 atom stereocenters. The van der Waals surface area contributed by atoms with Crippen LogP contribution >= 0.6 is 0 Å². The van der Waals surface area contributed by atoms with Crippen LogP contribution in [0.2, 0.25) is 0 Å². The minimum absolute atomic E-state index is 0.346. The molecular weight excluding hydrogens is 142 g/mol. The second-order valence-corrected chi connectivity index (χ2v) is 3.25. The minimum atomic E-state index is -0.657. The van der Waals surface area contributed by atoms with Gasteiger partial charge in [0.2, 0.25) is 0 Å². The highest BCUT2D eigenvalue weighted by atomic mass is 16.4. The first-order valence-electron chi connectivity index (χ1n) is 4.32. The molecule has 0 saturated carbocycles. The van der Waals surface area contributed by atoms with Gasteiger partial charge in [-0.15, -0.1) is 0 Å². The Kier molecular flexibility index (Phi) is 3.36. The normalized spacial score (nSPS) is 24.9. The predicted octanol–water partition coefficient (Wildman–Crippen LogP) is -0.175. The first-order valence-corrected chi connectivity index (χ1v) is 4.32. The average molecular weight is 158 g/mol. The Bertz CT molecular complexity index is 130. The molecule has 1 rings (SSSR count). The van der Waals surface area contributed by atoms with Crippen LogP contribution in [0.3, 0.4) is 0 Å².